The molecule has 0 radical (unpaired) electrons. The summed E-state index contributed by atoms with van der Waals surface area (Å²) in [4.78, 5) is 17.8. The number of hydrogen-bond acceptors (Lipinski definition) is 4. The molecule has 3 aromatic rings. The van der Waals surface area contributed by atoms with Gasteiger partial charge in [0.15, 0.2) is 0 Å². The average Bonchev–Trinajstić information content (AvgIpc) is 2.75. The SMILES string of the molecule is C/C=C\C=C(/CSC)NC(C)c1cc(C)cc2c(=O)n(C)c(-c3ccc(C)cn3)cc12. The molecule has 2 heterocycles. The quantitative estimate of drug-likeness (QED) is 0.486. The number of hydrogen-bond donors (Lipinski definition) is 1. The second kappa shape index (κ2) is 10.0. The summed E-state index contributed by atoms with van der Waals surface area (Å²) >= 11 is 1.78. The molecule has 0 spiro atoms. The van der Waals surface area contributed by atoms with Gasteiger partial charge in [0.25, 0.3) is 5.56 Å². The highest BCUT2D eigenvalue weighted by atomic mass is 32.2. The Morgan fingerprint density at radius 1 is 1.19 bits per heavy atom. The normalized spacial score (nSPS) is 13.2. The molecule has 0 fully saturated rings. The lowest BCUT2D eigenvalue weighted by atomic mass is 9.96. The number of rotatable bonds is 7. The number of allylic oxidation sites excluding steroid dienone is 3. The van der Waals surface area contributed by atoms with Gasteiger partial charge in [-0.15, -0.1) is 0 Å². The second-order valence-corrected chi connectivity index (χ2v) is 8.81. The summed E-state index contributed by atoms with van der Waals surface area (Å²) in [5, 5.41) is 5.37. The molecule has 0 saturated heterocycles. The Labute approximate surface area is 189 Å². The lowest BCUT2D eigenvalue weighted by Crippen LogP contribution is -2.22. The van der Waals surface area contributed by atoms with Crippen LogP contribution in [-0.2, 0) is 7.05 Å². The fourth-order valence-corrected chi connectivity index (χ4v) is 4.26. The summed E-state index contributed by atoms with van der Waals surface area (Å²) in [6.45, 7) is 8.22. The summed E-state index contributed by atoms with van der Waals surface area (Å²) in [5.74, 6) is 0.902. The average molecular weight is 434 g/mol. The minimum atomic E-state index is 0.000760. The van der Waals surface area contributed by atoms with Crippen LogP contribution in [0.4, 0.5) is 0 Å². The van der Waals surface area contributed by atoms with E-state index in [4.69, 9.17) is 0 Å². The zero-order valence-corrected chi connectivity index (χ0v) is 20.0. The van der Waals surface area contributed by atoms with Crippen molar-refractivity contribution >= 4 is 22.5 Å². The number of thioether (sulfide) groups is 1. The van der Waals surface area contributed by atoms with Crippen LogP contribution in [0, 0.1) is 13.8 Å². The molecule has 0 aliphatic carbocycles. The number of fused-ring (bicyclic) bond motifs is 1. The van der Waals surface area contributed by atoms with Gasteiger partial charge < -0.3 is 9.88 Å². The molecule has 2 aromatic heterocycles. The van der Waals surface area contributed by atoms with Crippen molar-refractivity contribution in [2.24, 2.45) is 7.05 Å². The van der Waals surface area contributed by atoms with E-state index < -0.39 is 0 Å². The van der Waals surface area contributed by atoms with Gasteiger partial charge in [-0.05, 0) is 80.3 Å². The molecule has 1 N–H and O–H groups in total. The summed E-state index contributed by atoms with van der Waals surface area (Å²) in [5.41, 5.74) is 6.08. The molecule has 1 unspecified atom stereocenters. The zero-order chi connectivity index (χ0) is 22.5. The number of aromatic nitrogens is 2. The summed E-state index contributed by atoms with van der Waals surface area (Å²) < 4.78 is 1.70. The highest BCUT2D eigenvalue weighted by Gasteiger charge is 2.16. The third-order valence-electron chi connectivity index (χ3n) is 5.37. The first-order valence-electron chi connectivity index (χ1n) is 10.5. The Morgan fingerprint density at radius 3 is 2.61 bits per heavy atom. The van der Waals surface area contributed by atoms with Gasteiger partial charge in [-0.25, -0.2) is 0 Å². The Morgan fingerprint density at radius 2 is 1.97 bits per heavy atom. The first kappa shape index (κ1) is 22.9. The maximum atomic E-state index is 13.3. The standard InChI is InChI=1S/C26H31N3OS/c1-7-8-9-20(16-31-6)28-19(4)21-12-18(3)13-23-22(21)14-25(29(5)26(23)30)24-11-10-17(2)15-27-24/h7-15,19,28H,16H2,1-6H3/b8-7-,20-9+. The third kappa shape index (κ3) is 5.10. The summed E-state index contributed by atoms with van der Waals surface area (Å²) in [6.07, 6.45) is 10.1. The molecule has 0 aliphatic rings. The van der Waals surface area contributed by atoms with Gasteiger partial charge in [0.1, 0.15) is 0 Å². The van der Waals surface area contributed by atoms with E-state index in [1.165, 1.54) is 0 Å². The fraction of sp³-hybridized carbons (Fsp3) is 0.308. The van der Waals surface area contributed by atoms with Crippen LogP contribution < -0.4 is 10.9 Å². The van der Waals surface area contributed by atoms with Crippen molar-refractivity contribution in [1.82, 2.24) is 14.9 Å². The van der Waals surface area contributed by atoms with Gasteiger partial charge in [-0.1, -0.05) is 24.3 Å². The molecule has 4 nitrogen and oxygen atoms in total. The molecule has 0 bridgehead atoms. The number of nitrogens with zero attached hydrogens (tertiary/aromatic N) is 2. The van der Waals surface area contributed by atoms with Crippen LogP contribution in [0.2, 0.25) is 0 Å². The van der Waals surface area contributed by atoms with Crippen molar-refractivity contribution in [1.29, 1.82) is 0 Å². The molecular weight excluding hydrogens is 402 g/mol. The van der Waals surface area contributed by atoms with Crippen molar-refractivity contribution in [3.63, 3.8) is 0 Å². The molecule has 0 amide bonds. The van der Waals surface area contributed by atoms with Gasteiger partial charge in [-0.3, -0.25) is 9.78 Å². The van der Waals surface area contributed by atoms with Crippen molar-refractivity contribution in [2.45, 2.75) is 33.7 Å². The highest BCUT2D eigenvalue weighted by Crippen LogP contribution is 2.28. The van der Waals surface area contributed by atoms with Crippen molar-refractivity contribution < 1.29 is 0 Å². The number of aryl methyl sites for hydroxylation is 2. The monoisotopic (exact) mass is 433 g/mol. The van der Waals surface area contributed by atoms with Gasteiger partial charge in [0, 0.05) is 36.1 Å². The van der Waals surface area contributed by atoms with Crippen molar-refractivity contribution in [2.75, 3.05) is 12.0 Å². The Balaban J connectivity index is 2.17. The smallest absolute Gasteiger partial charge is 0.258 e. The Kier molecular flexibility index (Phi) is 7.39. The maximum Gasteiger partial charge on any atom is 0.258 e. The Bertz CT molecular complexity index is 1190. The van der Waals surface area contributed by atoms with E-state index in [2.05, 4.69) is 47.8 Å². The minimum absolute atomic E-state index is 0.000760. The van der Waals surface area contributed by atoms with Gasteiger partial charge in [0.05, 0.1) is 11.4 Å². The summed E-state index contributed by atoms with van der Waals surface area (Å²) in [6, 6.07) is 10.3. The number of nitrogens with one attached hydrogen (secondary N) is 1. The van der Waals surface area contributed by atoms with E-state index in [1.54, 1.807) is 16.3 Å². The van der Waals surface area contributed by atoms with E-state index in [9.17, 15) is 4.79 Å². The molecule has 0 saturated carbocycles. The van der Waals surface area contributed by atoms with E-state index in [0.29, 0.717) is 0 Å². The number of benzene rings is 1. The molecule has 0 aliphatic heterocycles. The van der Waals surface area contributed by atoms with E-state index in [-0.39, 0.29) is 11.6 Å². The lowest BCUT2D eigenvalue weighted by molar-refractivity contribution is 0.660. The van der Waals surface area contributed by atoms with Crippen LogP contribution in [-0.4, -0.2) is 21.6 Å². The van der Waals surface area contributed by atoms with Crippen LogP contribution in [0.1, 0.15) is 36.6 Å². The molecule has 1 aromatic carbocycles. The van der Waals surface area contributed by atoms with Crippen LogP contribution in [0.5, 0.6) is 0 Å². The molecular formula is C26H31N3OS. The fourth-order valence-electron chi connectivity index (χ4n) is 3.77. The molecule has 162 valence electrons. The van der Waals surface area contributed by atoms with Gasteiger partial charge >= 0.3 is 0 Å². The van der Waals surface area contributed by atoms with Crippen LogP contribution in [0.15, 0.2) is 65.2 Å². The Hall–Kier alpha value is -2.79. The van der Waals surface area contributed by atoms with Gasteiger partial charge in [0.2, 0.25) is 0 Å². The molecule has 1 atom stereocenters. The van der Waals surface area contributed by atoms with Crippen molar-refractivity contribution in [3.8, 4) is 11.4 Å². The topological polar surface area (TPSA) is 46.9 Å². The largest absolute Gasteiger partial charge is 0.381 e. The first-order chi connectivity index (χ1) is 14.8. The lowest BCUT2D eigenvalue weighted by Gasteiger charge is -2.21. The van der Waals surface area contributed by atoms with E-state index in [1.807, 2.05) is 58.3 Å². The minimum Gasteiger partial charge on any atom is -0.381 e. The van der Waals surface area contributed by atoms with E-state index >= 15 is 0 Å². The predicted octanol–water partition coefficient (Wildman–Crippen LogP) is 5.69. The van der Waals surface area contributed by atoms with E-state index in [0.717, 1.165) is 50.3 Å². The van der Waals surface area contributed by atoms with Crippen LogP contribution in [0.25, 0.3) is 22.2 Å². The summed E-state index contributed by atoms with van der Waals surface area (Å²) in [7, 11) is 1.82. The predicted molar refractivity (Wildman–Crippen MR) is 135 cm³/mol. The molecule has 31 heavy (non-hydrogen) atoms. The van der Waals surface area contributed by atoms with Crippen LogP contribution >= 0.6 is 11.8 Å². The molecule has 3 rings (SSSR count). The number of pyridine rings is 2. The van der Waals surface area contributed by atoms with Crippen molar-refractivity contribution in [3.05, 3.63) is 87.5 Å². The zero-order valence-electron chi connectivity index (χ0n) is 19.2. The maximum absolute atomic E-state index is 13.3. The second-order valence-electron chi connectivity index (χ2n) is 7.95. The molecule has 5 heteroatoms. The van der Waals surface area contributed by atoms with Gasteiger partial charge in [-0.2, -0.15) is 11.8 Å². The van der Waals surface area contributed by atoms with Crippen LogP contribution in [0.3, 0.4) is 0 Å². The first-order valence-corrected chi connectivity index (χ1v) is 11.9. The third-order valence-corrected chi connectivity index (χ3v) is 5.97. The highest BCUT2D eigenvalue weighted by molar-refractivity contribution is 7.98.